The fraction of sp³-hybridized carbons (Fsp3) is 0.0667. The van der Waals surface area contributed by atoms with Gasteiger partial charge in [-0.05, 0) is 34.1 Å². The number of fused-ring (bicyclic) bond motifs is 1. The summed E-state index contributed by atoms with van der Waals surface area (Å²) >= 11 is 5.00. The molecule has 0 amide bonds. The number of hydrogen-bond acceptors (Lipinski definition) is 3. The van der Waals surface area contributed by atoms with Crippen molar-refractivity contribution in [3.05, 3.63) is 62.9 Å². The highest BCUT2D eigenvalue weighted by Gasteiger charge is 2.12. The maximum atomic E-state index is 12.4. The normalized spacial score (nSPS) is 10.8. The Morgan fingerprint density at radius 3 is 2.95 bits per heavy atom. The Labute approximate surface area is 123 Å². The van der Waals surface area contributed by atoms with Crippen LogP contribution in [-0.2, 0) is 6.42 Å². The van der Waals surface area contributed by atoms with Gasteiger partial charge in [0.25, 0.3) is 0 Å². The van der Waals surface area contributed by atoms with Gasteiger partial charge in [0.1, 0.15) is 0 Å². The van der Waals surface area contributed by atoms with Crippen molar-refractivity contribution in [1.82, 2.24) is 4.98 Å². The summed E-state index contributed by atoms with van der Waals surface area (Å²) in [6.07, 6.45) is 2.18. The monoisotopic (exact) mass is 331 g/mol. The van der Waals surface area contributed by atoms with Crippen LogP contribution in [0.2, 0.25) is 0 Å². The Bertz CT molecular complexity index is 745. The maximum absolute atomic E-state index is 12.4. The van der Waals surface area contributed by atoms with Gasteiger partial charge in [0.15, 0.2) is 5.78 Å². The van der Waals surface area contributed by atoms with E-state index >= 15 is 0 Å². The lowest BCUT2D eigenvalue weighted by Gasteiger charge is -2.04. The molecule has 2 aromatic heterocycles. The van der Waals surface area contributed by atoms with E-state index in [2.05, 4.69) is 20.9 Å². The predicted octanol–water partition coefficient (Wildman–Crippen LogP) is 4.48. The van der Waals surface area contributed by atoms with Crippen LogP contribution in [0.25, 0.3) is 10.9 Å². The fourth-order valence-electron chi connectivity index (χ4n) is 2.05. The Morgan fingerprint density at radius 2 is 2.16 bits per heavy atom. The minimum absolute atomic E-state index is 0.132. The average molecular weight is 332 g/mol. The summed E-state index contributed by atoms with van der Waals surface area (Å²) in [5, 5.41) is 2.92. The molecule has 3 rings (SSSR count). The Kier molecular flexibility index (Phi) is 3.44. The predicted molar refractivity (Wildman–Crippen MR) is 81.8 cm³/mol. The number of ketones is 1. The fourth-order valence-corrected chi connectivity index (χ4v) is 3.50. The quantitative estimate of drug-likeness (QED) is 0.662. The smallest absolute Gasteiger partial charge is 0.168 e. The van der Waals surface area contributed by atoms with Crippen LogP contribution < -0.4 is 0 Å². The average Bonchev–Trinajstić information content (AvgIpc) is 2.83. The van der Waals surface area contributed by atoms with E-state index in [0.717, 1.165) is 25.8 Å². The molecule has 0 bridgehead atoms. The van der Waals surface area contributed by atoms with Crippen LogP contribution in [0.5, 0.6) is 0 Å². The minimum atomic E-state index is 0.132. The summed E-state index contributed by atoms with van der Waals surface area (Å²) < 4.78 is 1.03. The first-order valence-corrected chi connectivity index (χ1v) is 7.51. The van der Waals surface area contributed by atoms with Crippen molar-refractivity contribution in [2.75, 3.05) is 0 Å². The first-order valence-electron chi connectivity index (χ1n) is 5.84. The van der Waals surface area contributed by atoms with E-state index in [1.807, 2.05) is 41.8 Å². The molecule has 94 valence electrons. The van der Waals surface area contributed by atoms with Crippen LogP contribution in [0.3, 0.4) is 0 Å². The molecule has 0 aliphatic heterocycles. The van der Waals surface area contributed by atoms with E-state index < -0.39 is 0 Å². The van der Waals surface area contributed by atoms with E-state index in [0.29, 0.717) is 6.42 Å². The van der Waals surface area contributed by atoms with Crippen LogP contribution in [0.15, 0.2) is 52.4 Å². The van der Waals surface area contributed by atoms with Crippen LogP contribution in [0, 0.1) is 0 Å². The number of pyridine rings is 1. The zero-order valence-corrected chi connectivity index (χ0v) is 12.4. The third-order valence-electron chi connectivity index (χ3n) is 2.90. The lowest BCUT2D eigenvalue weighted by molar-refractivity contribution is 0.0995. The third kappa shape index (κ3) is 2.60. The number of halogens is 1. The molecule has 0 aliphatic rings. The zero-order valence-electron chi connectivity index (χ0n) is 9.97. The number of carbonyl (C=O) groups is 1. The molecule has 0 radical (unpaired) electrons. The lowest BCUT2D eigenvalue weighted by Crippen LogP contribution is -2.03. The van der Waals surface area contributed by atoms with Crippen molar-refractivity contribution in [2.24, 2.45) is 0 Å². The molecule has 0 atom stereocenters. The maximum Gasteiger partial charge on any atom is 0.168 e. The van der Waals surface area contributed by atoms with Gasteiger partial charge in [-0.25, -0.2) is 0 Å². The molecule has 4 heteroatoms. The van der Waals surface area contributed by atoms with Crippen molar-refractivity contribution in [3.8, 4) is 0 Å². The number of benzene rings is 1. The van der Waals surface area contributed by atoms with Crippen LogP contribution >= 0.6 is 27.3 Å². The first kappa shape index (κ1) is 12.5. The molecular weight excluding hydrogens is 322 g/mol. The molecule has 0 aliphatic carbocycles. The van der Waals surface area contributed by atoms with Gasteiger partial charge in [-0.1, -0.05) is 18.2 Å². The highest BCUT2D eigenvalue weighted by molar-refractivity contribution is 9.10. The molecule has 0 saturated heterocycles. The third-order valence-corrected chi connectivity index (χ3v) is 4.60. The van der Waals surface area contributed by atoms with Gasteiger partial charge in [-0.2, -0.15) is 0 Å². The Balaban J connectivity index is 1.97. The van der Waals surface area contributed by atoms with Crippen LogP contribution in [0.4, 0.5) is 0 Å². The molecule has 0 fully saturated rings. The SMILES string of the molecule is O=C(Cc1cc(Br)cs1)c1cccc2ncccc12. The van der Waals surface area contributed by atoms with Crippen molar-refractivity contribution >= 4 is 44.0 Å². The highest BCUT2D eigenvalue weighted by Crippen LogP contribution is 2.23. The summed E-state index contributed by atoms with van der Waals surface area (Å²) in [6, 6.07) is 11.5. The van der Waals surface area contributed by atoms with Gasteiger partial charge in [-0.15, -0.1) is 11.3 Å². The van der Waals surface area contributed by atoms with E-state index in [1.165, 1.54) is 0 Å². The van der Waals surface area contributed by atoms with Gasteiger partial charge < -0.3 is 0 Å². The summed E-state index contributed by atoms with van der Waals surface area (Å²) in [4.78, 5) is 17.7. The van der Waals surface area contributed by atoms with Crippen molar-refractivity contribution < 1.29 is 4.79 Å². The summed E-state index contributed by atoms with van der Waals surface area (Å²) in [6.45, 7) is 0. The largest absolute Gasteiger partial charge is 0.294 e. The summed E-state index contributed by atoms with van der Waals surface area (Å²) in [7, 11) is 0. The number of nitrogens with zero attached hydrogens (tertiary/aromatic N) is 1. The van der Waals surface area contributed by atoms with Gasteiger partial charge >= 0.3 is 0 Å². The number of hydrogen-bond donors (Lipinski definition) is 0. The molecule has 1 aromatic carbocycles. The lowest BCUT2D eigenvalue weighted by atomic mass is 10.0. The second-order valence-corrected chi connectivity index (χ2v) is 6.12. The van der Waals surface area contributed by atoms with Gasteiger partial charge in [0, 0.05) is 38.3 Å². The number of Topliss-reactive ketones (excluding diaryl/α,β-unsaturated/α-hetero) is 1. The van der Waals surface area contributed by atoms with Crippen LogP contribution in [0.1, 0.15) is 15.2 Å². The van der Waals surface area contributed by atoms with E-state index in [9.17, 15) is 4.79 Å². The number of rotatable bonds is 3. The standard InChI is InChI=1S/C15H10BrNOS/c16-10-7-11(19-9-10)8-15(18)13-3-1-5-14-12(13)4-2-6-17-14/h1-7,9H,8H2. The molecule has 0 spiro atoms. The molecule has 0 N–H and O–H groups in total. The molecule has 19 heavy (non-hydrogen) atoms. The number of thiophene rings is 1. The van der Waals surface area contributed by atoms with E-state index in [4.69, 9.17) is 0 Å². The number of carbonyl (C=O) groups excluding carboxylic acids is 1. The van der Waals surface area contributed by atoms with Crippen molar-refractivity contribution in [3.63, 3.8) is 0 Å². The van der Waals surface area contributed by atoms with Gasteiger partial charge in [-0.3, -0.25) is 9.78 Å². The summed E-state index contributed by atoms with van der Waals surface area (Å²) in [5.41, 5.74) is 1.61. The molecule has 3 aromatic rings. The van der Waals surface area contributed by atoms with Gasteiger partial charge in [0.05, 0.1) is 5.52 Å². The summed E-state index contributed by atoms with van der Waals surface area (Å²) in [5.74, 6) is 0.132. The van der Waals surface area contributed by atoms with Crippen molar-refractivity contribution in [2.45, 2.75) is 6.42 Å². The molecule has 2 heterocycles. The Hall–Kier alpha value is -1.52. The second-order valence-electron chi connectivity index (χ2n) is 4.21. The first-order chi connectivity index (χ1) is 9.24. The Morgan fingerprint density at radius 1 is 1.26 bits per heavy atom. The minimum Gasteiger partial charge on any atom is -0.294 e. The van der Waals surface area contributed by atoms with Crippen molar-refractivity contribution in [1.29, 1.82) is 0 Å². The second kappa shape index (κ2) is 5.23. The topological polar surface area (TPSA) is 30.0 Å². The molecule has 0 saturated carbocycles. The number of aromatic nitrogens is 1. The highest BCUT2D eigenvalue weighted by atomic mass is 79.9. The molecular formula is C15H10BrNOS. The van der Waals surface area contributed by atoms with Gasteiger partial charge in [0.2, 0.25) is 0 Å². The van der Waals surface area contributed by atoms with E-state index in [1.54, 1.807) is 17.5 Å². The molecule has 0 unspecified atom stereocenters. The van der Waals surface area contributed by atoms with Crippen LogP contribution in [-0.4, -0.2) is 10.8 Å². The molecule has 2 nitrogen and oxygen atoms in total. The van der Waals surface area contributed by atoms with E-state index in [-0.39, 0.29) is 5.78 Å². The zero-order chi connectivity index (χ0) is 13.2.